The zero-order chi connectivity index (χ0) is 6.69. The van der Waals surface area contributed by atoms with Gasteiger partial charge in [0, 0.05) is 15.8 Å². The van der Waals surface area contributed by atoms with Gasteiger partial charge < -0.3 is 0 Å². The van der Waals surface area contributed by atoms with Crippen LogP contribution in [0.4, 0.5) is 0 Å². The molecule has 0 spiro atoms. The Kier molecular flexibility index (Phi) is 1.90. The zero-order valence-corrected chi connectivity index (χ0v) is 5.94. The highest BCUT2D eigenvalue weighted by Crippen LogP contribution is 2.05. The van der Waals surface area contributed by atoms with Gasteiger partial charge in [-0.1, -0.05) is 18.2 Å². The predicted molar refractivity (Wildman–Crippen MR) is 37.5 cm³/mol. The molecule has 0 amide bonds. The van der Waals surface area contributed by atoms with E-state index < -0.39 is 0 Å². The van der Waals surface area contributed by atoms with Gasteiger partial charge in [-0.3, -0.25) is 0 Å². The molecule has 0 saturated heterocycles. The van der Waals surface area contributed by atoms with Crippen LogP contribution in [0.2, 0.25) is 0 Å². The minimum atomic E-state index is 0.545. The van der Waals surface area contributed by atoms with E-state index in [0.29, 0.717) is 11.7 Å². The summed E-state index contributed by atoms with van der Waals surface area (Å²) >= 11 is 0.545. The Morgan fingerprint density at radius 2 is 2.00 bits per heavy atom. The molecule has 0 N–H and O–H groups in total. The average Bonchev–Trinajstić information content (AvgIpc) is 1.89. The summed E-state index contributed by atoms with van der Waals surface area (Å²) in [7, 11) is 0. The van der Waals surface area contributed by atoms with Crippen LogP contribution in [0, 0.1) is 6.92 Å². The summed E-state index contributed by atoms with van der Waals surface area (Å²) < 4.78 is 10.3. The first-order valence-electron chi connectivity index (χ1n) is 2.70. The Labute approximate surface area is 58.2 Å². The Hall–Kier alpha value is -0.760. The quantitative estimate of drug-likeness (QED) is 0.542. The molecule has 0 aliphatic rings. The minimum absolute atomic E-state index is 0.545. The topological polar surface area (TPSA) is 17.1 Å². The normalized spacial score (nSPS) is 9.00. The molecule has 1 aromatic rings. The summed E-state index contributed by atoms with van der Waals surface area (Å²) in [5.74, 6) is 0. The van der Waals surface area contributed by atoms with Gasteiger partial charge in [-0.2, -0.15) is 0 Å². The second kappa shape index (κ2) is 2.69. The van der Waals surface area contributed by atoms with Crippen molar-refractivity contribution >= 4 is 11.7 Å². The molecular formula is C7H7OS+. The molecule has 1 aromatic carbocycles. The standard InChI is InChI=1S/C7H7OS/c1-6-4-2-3-5-7(6)9-8/h2-5H,1H3/q+1. The molecule has 46 valence electrons. The van der Waals surface area contributed by atoms with Crippen LogP contribution in [0.1, 0.15) is 5.56 Å². The first-order chi connectivity index (χ1) is 4.34. The Bertz CT molecular complexity index is 220. The number of hydrogen-bond donors (Lipinski definition) is 0. The second-order valence-corrected chi connectivity index (χ2v) is 2.46. The Morgan fingerprint density at radius 1 is 1.33 bits per heavy atom. The van der Waals surface area contributed by atoms with E-state index in [1.807, 2.05) is 31.2 Å². The molecule has 9 heavy (non-hydrogen) atoms. The largest absolute Gasteiger partial charge is 0.505 e. The predicted octanol–water partition coefficient (Wildman–Crippen LogP) is 1.78. The van der Waals surface area contributed by atoms with E-state index in [1.54, 1.807) is 0 Å². The summed E-state index contributed by atoms with van der Waals surface area (Å²) in [5, 5.41) is 0. The summed E-state index contributed by atoms with van der Waals surface area (Å²) in [4.78, 5) is 0.817. The fourth-order valence-electron chi connectivity index (χ4n) is 0.650. The van der Waals surface area contributed by atoms with Crippen molar-refractivity contribution in [2.45, 2.75) is 11.8 Å². The van der Waals surface area contributed by atoms with Crippen molar-refractivity contribution in [3.8, 4) is 0 Å². The first-order valence-corrected chi connectivity index (χ1v) is 3.44. The van der Waals surface area contributed by atoms with Gasteiger partial charge >= 0.3 is 11.7 Å². The fraction of sp³-hybridized carbons (Fsp3) is 0.143. The van der Waals surface area contributed by atoms with E-state index in [-0.39, 0.29) is 0 Å². The lowest BCUT2D eigenvalue weighted by atomic mass is 10.2. The minimum Gasteiger partial charge on any atom is -0.0616 e. The fourth-order valence-corrected chi connectivity index (χ4v) is 0.984. The van der Waals surface area contributed by atoms with Crippen LogP contribution in [0.3, 0.4) is 0 Å². The van der Waals surface area contributed by atoms with Crippen molar-refractivity contribution in [2.75, 3.05) is 0 Å². The molecule has 0 aliphatic carbocycles. The van der Waals surface area contributed by atoms with Gasteiger partial charge in [0.25, 0.3) is 4.90 Å². The van der Waals surface area contributed by atoms with Gasteiger partial charge in [-0.05, 0) is 6.92 Å². The van der Waals surface area contributed by atoms with Crippen molar-refractivity contribution in [3.05, 3.63) is 29.8 Å². The zero-order valence-electron chi connectivity index (χ0n) is 5.13. The van der Waals surface area contributed by atoms with Gasteiger partial charge in [0.1, 0.15) is 0 Å². The summed E-state index contributed by atoms with van der Waals surface area (Å²) in [6.45, 7) is 1.93. The summed E-state index contributed by atoms with van der Waals surface area (Å²) in [5.41, 5.74) is 1.05. The monoisotopic (exact) mass is 139 g/mol. The van der Waals surface area contributed by atoms with Crippen molar-refractivity contribution < 1.29 is 4.21 Å². The highest BCUT2D eigenvalue weighted by atomic mass is 32.1. The molecule has 0 unspecified atom stereocenters. The highest BCUT2D eigenvalue weighted by Gasteiger charge is 2.07. The molecule has 2 heteroatoms. The first kappa shape index (κ1) is 6.36. The smallest absolute Gasteiger partial charge is 0.0616 e. The number of rotatable bonds is 1. The van der Waals surface area contributed by atoms with Crippen molar-refractivity contribution in [2.24, 2.45) is 0 Å². The van der Waals surface area contributed by atoms with Gasteiger partial charge in [0.05, 0.1) is 0 Å². The molecule has 1 nitrogen and oxygen atoms in total. The highest BCUT2D eigenvalue weighted by molar-refractivity contribution is 7.65. The number of hydrogen-bond acceptors (Lipinski definition) is 1. The number of aryl methyl sites for hydroxylation is 1. The van der Waals surface area contributed by atoms with Gasteiger partial charge in [-0.25, -0.2) is 0 Å². The van der Waals surface area contributed by atoms with Crippen molar-refractivity contribution in [1.82, 2.24) is 0 Å². The van der Waals surface area contributed by atoms with Crippen LogP contribution in [-0.4, -0.2) is 0 Å². The van der Waals surface area contributed by atoms with E-state index in [4.69, 9.17) is 0 Å². The van der Waals surface area contributed by atoms with Crippen LogP contribution in [-0.2, 0) is 15.9 Å². The Balaban J connectivity index is 3.15. The van der Waals surface area contributed by atoms with Crippen LogP contribution in [0.5, 0.6) is 0 Å². The molecule has 0 radical (unpaired) electrons. The maximum absolute atomic E-state index is 10.3. The van der Waals surface area contributed by atoms with Gasteiger partial charge in [-0.15, -0.1) is 0 Å². The second-order valence-electron chi connectivity index (χ2n) is 1.85. The lowest BCUT2D eigenvalue weighted by molar-refractivity contribution is 0.604. The third-order valence-electron chi connectivity index (χ3n) is 1.18. The molecule has 0 aliphatic heterocycles. The molecule has 0 aromatic heterocycles. The Morgan fingerprint density at radius 3 is 2.44 bits per heavy atom. The van der Waals surface area contributed by atoms with Gasteiger partial charge in [0.2, 0.25) is 0 Å². The van der Waals surface area contributed by atoms with E-state index in [2.05, 4.69) is 0 Å². The molecule has 0 bridgehead atoms. The van der Waals surface area contributed by atoms with Crippen LogP contribution >= 0.6 is 0 Å². The van der Waals surface area contributed by atoms with E-state index in [0.717, 1.165) is 10.5 Å². The summed E-state index contributed by atoms with van der Waals surface area (Å²) in [6, 6.07) is 7.55. The third-order valence-corrected chi connectivity index (χ3v) is 1.82. The number of benzene rings is 1. The molecule has 0 fully saturated rings. The van der Waals surface area contributed by atoms with E-state index >= 15 is 0 Å². The lowest BCUT2D eigenvalue weighted by Gasteiger charge is -1.82. The molecule has 0 atom stereocenters. The average molecular weight is 139 g/mol. The lowest BCUT2D eigenvalue weighted by Crippen LogP contribution is -1.77. The van der Waals surface area contributed by atoms with Crippen LogP contribution in [0.25, 0.3) is 0 Å². The van der Waals surface area contributed by atoms with Crippen molar-refractivity contribution in [3.63, 3.8) is 0 Å². The maximum atomic E-state index is 10.3. The van der Waals surface area contributed by atoms with Gasteiger partial charge in [0.15, 0.2) is 0 Å². The van der Waals surface area contributed by atoms with E-state index in [9.17, 15) is 4.21 Å². The maximum Gasteiger partial charge on any atom is 0.505 e. The SMILES string of the molecule is Cc1ccccc1[S+]=O. The summed E-state index contributed by atoms with van der Waals surface area (Å²) in [6.07, 6.45) is 0. The third kappa shape index (κ3) is 1.33. The van der Waals surface area contributed by atoms with Crippen molar-refractivity contribution in [1.29, 1.82) is 0 Å². The van der Waals surface area contributed by atoms with Crippen LogP contribution in [0.15, 0.2) is 29.2 Å². The molecule has 0 heterocycles. The molecule has 0 saturated carbocycles. The van der Waals surface area contributed by atoms with Crippen LogP contribution < -0.4 is 0 Å². The molecular weight excluding hydrogens is 132 g/mol. The molecule has 1 rings (SSSR count). The van der Waals surface area contributed by atoms with E-state index in [1.165, 1.54) is 0 Å².